The third-order valence-corrected chi connectivity index (χ3v) is 4.59. The maximum Gasteiger partial charge on any atom is 0.332 e. The minimum Gasteiger partial charge on any atom is -0.369 e. The van der Waals surface area contributed by atoms with Crippen LogP contribution < -0.4 is 17.0 Å². The molecular formula is C16H24FN5O3. The fraction of sp³-hybridized carbons (Fsp3) is 0.688. The van der Waals surface area contributed by atoms with Gasteiger partial charge in [-0.3, -0.25) is 14.3 Å². The molecule has 0 aliphatic carbocycles. The van der Waals surface area contributed by atoms with Gasteiger partial charge in [-0.15, -0.1) is 0 Å². The van der Waals surface area contributed by atoms with Gasteiger partial charge in [-0.05, 0) is 12.8 Å². The molecule has 0 saturated carbocycles. The average Bonchev–Trinajstić information content (AvgIpc) is 3.03. The SMILES string of the molecule is CCCCn1c(=O)n(C2CC(F)C(CCC)O2)c2nc(N)[nH]c(=O)c21. The first-order valence-corrected chi connectivity index (χ1v) is 8.77. The minimum atomic E-state index is -1.15. The summed E-state index contributed by atoms with van der Waals surface area (Å²) >= 11 is 0. The van der Waals surface area contributed by atoms with Crippen LogP contribution >= 0.6 is 0 Å². The van der Waals surface area contributed by atoms with Crippen LogP contribution in [0.1, 0.15) is 52.2 Å². The van der Waals surface area contributed by atoms with Crippen molar-refractivity contribution < 1.29 is 9.13 Å². The maximum absolute atomic E-state index is 14.3. The normalized spacial score (nSPS) is 23.6. The Balaban J connectivity index is 2.13. The van der Waals surface area contributed by atoms with E-state index >= 15 is 0 Å². The molecule has 1 aliphatic heterocycles. The van der Waals surface area contributed by atoms with Gasteiger partial charge in [0, 0.05) is 13.0 Å². The second-order valence-electron chi connectivity index (χ2n) is 6.45. The van der Waals surface area contributed by atoms with E-state index < -0.39 is 29.8 Å². The van der Waals surface area contributed by atoms with E-state index in [1.165, 1.54) is 9.13 Å². The van der Waals surface area contributed by atoms with Crippen LogP contribution in [0.2, 0.25) is 0 Å². The fourth-order valence-corrected chi connectivity index (χ4v) is 3.37. The van der Waals surface area contributed by atoms with Crippen molar-refractivity contribution in [1.29, 1.82) is 0 Å². The number of imidazole rings is 1. The van der Waals surface area contributed by atoms with E-state index in [0.29, 0.717) is 13.0 Å². The summed E-state index contributed by atoms with van der Waals surface area (Å²) in [5, 5.41) is 0. The lowest BCUT2D eigenvalue weighted by Gasteiger charge is -2.14. The molecule has 0 aromatic carbocycles. The van der Waals surface area contributed by atoms with Gasteiger partial charge in [0.25, 0.3) is 5.56 Å². The predicted molar refractivity (Wildman–Crippen MR) is 92.3 cm³/mol. The van der Waals surface area contributed by atoms with Crippen molar-refractivity contribution in [2.75, 3.05) is 5.73 Å². The third-order valence-electron chi connectivity index (χ3n) is 4.59. The van der Waals surface area contributed by atoms with E-state index in [1.807, 2.05) is 13.8 Å². The number of nitrogen functional groups attached to an aromatic ring is 1. The lowest BCUT2D eigenvalue weighted by molar-refractivity contribution is -0.0119. The van der Waals surface area contributed by atoms with Crippen LogP contribution in [-0.4, -0.2) is 31.4 Å². The first-order valence-electron chi connectivity index (χ1n) is 8.77. The molecular weight excluding hydrogens is 329 g/mol. The Hall–Kier alpha value is -2.16. The number of nitrogens with two attached hydrogens (primary N) is 1. The van der Waals surface area contributed by atoms with Gasteiger partial charge >= 0.3 is 5.69 Å². The number of aromatic amines is 1. The Morgan fingerprint density at radius 3 is 2.80 bits per heavy atom. The van der Waals surface area contributed by atoms with Crippen LogP contribution in [-0.2, 0) is 11.3 Å². The van der Waals surface area contributed by atoms with E-state index in [4.69, 9.17) is 10.5 Å². The number of rotatable bonds is 6. The van der Waals surface area contributed by atoms with Crippen molar-refractivity contribution in [3.63, 3.8) is 0 Å². The topological polar surface area (TPSA) is 108 Å². The Morgan fingerprint density at radius 1 is 1.36 bits per heavy atom. The van der Waals surface area contributed by atoms with Gasteiger partial charge in [0.15, 0.2) is 11.2 Å². The standard InChI is InChI=1S/C16H24FN5O3/c1-3-5-7-21-12-13(19-15(18)20-14(12)23)22(16(21)24)11-8-9(17)10(25-11)6-4-2/h9-11H,3-8H2,1-2H3,(H3,18,19,20,23). The highest BCUT2D eigenvalue weighted by atomic mass is 19.1. The number of unbranched alkanes of at least 4 members (excludes halogenated alkanes) is 1. The molecule has 25 heavy (non-hydrogen) atoms. The van der Waals surface area contributed by atoms with Crippen LogP contribution in [0.25, 0.3) is 11.2 Å². The number of nitrogens with one attached hydrogen (secondary N) is 1. The maximum atomic E-state index is 14.3. The van der Waals surface area contributed by atoms with Crippen molar-refractivity contribution in [1.82, 2.24) is 19.1 Å². The zero-order valence-corrected chi connectivity index (χ0v) is 14.5. The van der Waals surface area contributed by atoms with E-state index in [0.717, 1.165) is 19.3 Å². The molecule has 3 unspecified atom stereocenters. The molecule has 138 valence electrons. The van der Waals surface area contributed by atoms with Crippen LogP contribution in [0.15, 0.2) is 9.59 Å². The first kappa shape index (κ1) is 17.7. The van der Waals surface area contributed by atoms with Gasteiger partial charge < -0.3 is 10.5 Å². The van der Waals surface area contributed by atoms with E-state index in [-0.39, 0.29) is 23.5 Å². The molecule has 1 saturated heterocycles. The molecule has 0 radical (unpaired) electrons. The van der Waals surface area contributed by atoms with Gasteiger partial charge in [-0.1, -0.05) is 26.7 Å². The van der Waals surface area contributed by atoms with Crippen molar-refractivity contribution in [3.8, 4) is 0 Å². The van der Waals surface area contributed by atoms with E-state index in [2.05, 4.69) is 9.97 Å². The summed E-state index contributed by atoms with van der Waals surface area (Å²) in [6.07, 6.45) is 0.556. The van der Waals surface area contributed by atoms with Gasteiger partial charge in [0.2, 0.25) is 5.95 Å². The Kier molecular flexibility index (Phi) is 4.94. The average molecular weight is 353 g/mol. The number of alkyl halides is 1. The molecule has 3 atom stereocenters. The summed E-state index contributed by atoms with van der Waals surface area (Å²) in [7, 11) is 0. The molecule has 8 nitrogen and oxygen atoms in total. The summed E-state index contributed by atoms with van der Waals surface area (Å²) in [5.41, 5.74) is 5.06. The molecule has 3 N–H and O–H groups in total. The van der Waals surface area contributed by atoms with Gasteiger partial charge in [-0.25, -0.2) is 13.8 Å². The number of hydrogen-bond donors (Lipinski definition) is 2. The number of nitrogens with zero attached hydrogens (tertiary/aromatic N) is 3. The van der Waals surface area contributed by atoms with Crippen LogP contribution in [0.5, 0.6) is 0 Å². The highest BCUT2D eigenvalue weighted by Gasteiger charge is 2.38. The number of H-pyrrole nitrogens is 1. The fourth-order valence-electron chi connectivity index (χ4n) is 3.37. The number of hydrogen-bond acceptors (Lipinski definition) is 5. The first-order chi connectivity index (χ1) is 12.0. The quantitative estimate of drug-likeness (QED) is 0.822. The summed E-state index contributed by atoms with van der Waals surface area (Å²) in [6, 6.07) is 0. The Morgan fingerprint density at radius 2 is 2.12 bits per heavy atom. The third kappa shape index (κ3) is 3.08. The van der Waals surface area contributed by atoms with Crippen molar-refractivity contribution >= 4 is 17.1 Å². The molecule has 3 heterocycles. The minimum absolute atomic E-state index is 0.0614. The number of aryl methyl sites for hydroxylation is 1. The Bertz CT molecular complexity index is 871. The van der Waals surface area contributed by atoms with Crippen molar-refractivity contribution in [2.24, 2.45) is 0 Å². The van der Waals surface area contributed by atoms with Crippen molar-refractivity contribution in [2.45, 2.75) is 71.0 Å². The summed E-state index contributed by atoms with van der Waals surface area (Å²) in [5.74, 6) is -0.0844. The zero-order chi connectivity index (χ0) is 18.1. The molecule has 0 amide bonds. The number of halogens is 1. The second-order valence-corrected chi connectivity index (χ2v) is 6.45. The molecule has 9 heteroatoms. The molecule has 2 aromatic heterocycles. The van der Waals surface area contributed by atoms with Gasteiger partial charge in [0.05, 0.1) is 6.10 Å². The molecule has 0 spiro atoms. The van der Waals surface area contributed by atoms with E-state index in [1.54, 1.807) is 0 Å². The summed E-state index contributed by atoms with van der Waals surface area (Å²) < 4.78 is 22.7. The van der Waals surface area contributed by atoms with Crippen LogP contribution in [0, 0.1) is 0 Å². The number of aromatic nitrogens is 4. The number of ether oxygens (including phenoxy) is 1. The molecule has 1 fully saturated rings. The molecule has 1 aliphatic rings. The van der Waals surface area contributed by atoms with Gasteiger partial charge in [-0.2, -0.15) is 4.98 Å². The monoisotopic (exact) mass is 353 g/mol. The smallest absolute Gasteiger partial charge is 0.332 e. The lowest BCUT2D eigenvalue weighted by atomic mass is 10.1. The molecule has 0 bridgehead atoms. The Labute approximate surface area is 143 Å². The highest BCUT2D eigenvalue weighted by molar-refractivity contribution is 5.71. The molecule has 3 rings (SSSR count). The predicted octanol–water partition coefficient (Wildman–Crippen LogP) is 1.69. The zero-order valence-electron chi connectivity index (χ0n) is 14.5. The number of anilines is 1. The van der Waals surface area contributed by atoms with Gasteiger partial charge in [0.1, 0.15) is 12.4 Å². The number of fused-ring (bicyclic) bond motifs is 1. The highest BCUT2D eigenvalue weighted by Crippen LogP contribution is 2.33. The summed E-state index contributed by atoms with van der Waals surface area (Å²) in [4.78, 5) is 31.8. The van der Waals surface area contributed by atoms with Crippen LogP contribution in [0.3, 0.4) is 0 Å². The summed E-state index contributed by atoms with van der Waals surface area (Å²) in [6.45, 7) is 4.33. The van der Waals surface area contributed by atoms with E-state index in [9.17, 15) is 14.0 Å². The molecule has 2 aromatic rings. The largest absolute Gasteiger partial charge is 0.369 e. The second kappa shape index (κ2) is 6.99. The van der Waals surface area contributed by atoms with Crippen LogP contribution in [0.4, 0.5) is 10.3 Å². The van der Waals surface area contributed by atoms with Crippen molar-refractivity contribution in [3.05, 3.63) is 20.8 Å². The lowest BCUT2D eigenvalue weighted by Crippen LogP contribution is -2.28.